The normalized spacial score (nSPS) is 26.9. The third-order valence-corrected chi connectivity index (χ3v) is 4.86. The highest BCUT2D eigenvalue weighted by Crippen LogP contribution is 2.31. The second-order valence-electron chi connectivity index (χ2n) is 7.48. The third kappa shape index (κ3) is 4.43. The first kappa shape index (κ1) is 17.6. The fourth-order valence-corrected chi connectivity index (χ4v) is 3.26. The SMILES string of the molecule is CC(F)(F)CCCNCC1=CC2=CN(CC3CNC3)NC2(C)C=C1. The van der Waals surface area contributed by atoms with Gasteiger partial charge >= 0.3 is 0 Å². The number of hydrogen-bond donors (Lipinski definition) is 3. The van der Waals surface area contributed by atoms with Crippen LogP contribution >= 0.6 is 0 Å². The Labute approximate surface area is 143 Å². The van der Waals surface area contributed by atoms with E-state index < -0.39 is 5.92 Å². The van der Waals surface area contributed by atoms with Crippen LogP contribution in [0.25, 0.3) is 0 Å². The summed E-state index contributed by atoms with van der Waals surface area (Å²) in [5.41, 5.74) is 5.87. The highest BCUT2D eigenvalue weighted by Gasteiger charge is 2.35. The number of fused-ring (bicyclic) bond motifs is 1. The molecule has 1 aliphatic carbocycles. The molecule has 6 heteroatoms. The minimum Gasteiger partial charge on any atom is -0.316 e. The van der Waals surface area contributed by atoms with E-state index in [1.165, 1.54) is 11.1 Å². The lowest BCUT2D eigenvalue weighted by atomic mass is 9.87. The Morgan fingerprint density at radius 3 is 2.88 bits per heavy atom. The van der Waals surface area contributed by atoms with E-state index in [4.69, 9.17) is 0 Å². The van der Waals surface area contributed by atoms with E-state index in [1.54, 1.807) is 0 Å². The first-order chi connectivity index (χ1) is 11.3. The zero-order chi connectivity index (χ0) is 17.2. The van der Waals surface area contributed by atoms with Gasteiger partial charge in [-0.05, 0) is 38.0 Å². The van der Waals surface area contributed by atoms with E-state index in [-0.39, 0.29) is 12.0 Å². The van der Waals surface area contributed by atoms with Crippen LogP contribution in [-0.4, -0.2) is 49.2 Å². The van der Waals surface area contributed by atoms with Crippen LogP contribution in [0.4, 0.5) is 8.78 Å². The van der Waals surface area contributed by atoms with Gasteiger partial charge in [0.25, 0.3) is 0 Å². The Hall–Kier alpha value is -1.24. The Morgan fingerprint density at radius 2 is 2.21 bits per heavy atom. The van der Waals surface area contributed by atoms with Crippen molar-refractivity contribution in [2.75, 3.05) is 32.7 Å². The van der Waals surface area contributed by atoms with Crippen LogP contribution in [0.3, 0.4) is 0 Å². The zero-order valence-corrected chi connectivity index (χ0v) is 14.5. The summed E-state index contributed by atoms with van der Waals surface area (Å²) >= 11 is 0. The molecule has 0 amide bonds. The van der Waals surface area contributed by atoms with E-state index in [2.05, 4.69) is 52.4 Å². The number of nitrogens with zero attached hydrogens (tertiary/aromatic N) is 1. The first-order valence-electron chi connectivity index (χ1n) is 8.80. The summed E-state index contributed by atoms with van der Waals surface area (Å²) in [5, 5.41) is 8.76. The van der Waals surface area contributed by atoms with Crippen LogP contribution in [0.2, 0.25) is 0 Å². The van der Waals surface area contributed by atoms with Crippen LogP contribution in [0.5, 0.6) is 0 Å². The molecule has 0 aromatic carbocycles. The maximum atomic E-state index is 12.8. The van der Waals surface area contributed by atoms with Gasteiger partial charge in [-0.3, -0.25) is 0 Å². The summed E-state index contributed by atoms with van der Waals surface area (Å²) in [5.74, 6) is -1.85. The van der Waals surface area contributed by atoms with E-state index in [0.29, 0.717) is 25.4 Å². The van der Waals surface area contributed by atoms with Crippen molar-refractivity contribution in [3.63, 3.8) is 0 Å². The lowest BCUT2D eigenvalue weighted by Gasteiger charge is -2.34. The van der Waals surface area contributed by atoms with Gasteiger partial charge in [0.1, 0.15) is 0 Å². The van der Waals surface area contributed by atoms with Crippen molar-refractivity contribution in [1.29, 1.82) is 0 Å². The molecule has 3 N–H and O–H groups in total. The summed E-state index contributed by atoms with van der Waals surface area (Å²) in [6.07, 6.45) is 9.14. The predicted molar refractivity (Wildman–Crippen MR) is 92.6 cm³/mol. The lowest BCUT2D eigenvalue weighted by Crippen LogP contribution is -2.52. The molecule has 2 heterocycles. The molecule has 2 aliphatic heterocycles. The van der Waals surface area contributed by atoms with Crippen LogP contribution in [0, 0.1) is 5.92 Å². The molecule has 134 valence electrons. The van der Waals surface area contributed by atoms with Crippen molar-refractivity contribution >= 4 is 0 Å². The number of hydrogen-bond acceptors (Lipinski definition) is 4. The van der Waals surface area contributed by atoms with E-state index in [0.717, 1.165) is 26.6 Å². The molecular weight excluding hydrogens is 310 g/mol. The summed E-state index contributed by atoms with van der Waals surface area (Å²) in [6, 6.07) is 0. The van der Waals surface area contributed by atoms with Gasteiger partial charge in [0.2, 0.25) is 5.92 Å². The number of nitrogens with one attached hydrogen (secondary N) is 3. The third-order valence-electron chi connectivity index (χ3n) is 4.86. The van der Waals surface area contributed by atoms with Crippen molar-refractivity contribution in [2.24, 2.45) is 5.92 Å². The lowest BCUT2D eigenvalue weighted by molar-refractivity contribution is 0.0112. The number of rotatable bonds is 8. The molecule has 0 spiro atoms. The minimum absolute atomic E-state index is 0.0625. The second-order valence-corrected chi connectivity index (χ2v) is 7.48. The van der Waals surface area contributed by atoms with Gasteiger partial charge in [0, 0.05) is 44.7 Å². The topological polar surface area (TPSA) is 39.3 Å². The molecule has 3 aliphatic rings. The predicted octanol–water partition coefficient (Wildman–Crippen LogP) is 2.19. The first-order valence-corrected chi connectivity index (χ1v) is 8.80. The summed E-state index contributed by atoms with van der Waals surface area (Å²) in [7, 11) is 0. The van der Waals surface area contributed by atoms with E-state index in [1.807, 2.05) is 0 Å². The van der Waals surface area contributed by atoms with Gasteiger partial charge in [-0.15, -0.1) is 0 Å². The molecule has 1 fully saturated rings. The van der Waals surface area contributed by atoms with Crippen molar-refractivity contribution < 1.29 is 8.78 Å². The molecule has 0 saturated carbocycles. The average molecular weight is 338 g/mol. The average Bonchev–Trinajstić information content (AvgIpc) is 2.77. The monoisotopic (exact) mass is 338 g/mol. The van der Waals surface area contributed by atoms with E-state index in [9.17, 15) is 8.78 Å². The maximum absolute atomic E-state index is 12.8. The highest BCUT2D eigenvalue weighted by molar-refractivity contribution is 5.48. The molecular formula is C18H28F2N4. The van der Waals surface area contributed by atoms with Crippen LogP contribution in [0.15, 0.2) is 35.6 Å². The van der Waals surface area contributed by atoms with Crippen LogP contribution < -0.4 is 16.1 Å². The molecule has 1 saturated heterocycles. The van der Waals surface area contributed by atoms with Gasteiger partial charge in [-0.2, -0.15) is 0 Å². The van der Waals surface area contributed by atoms with Gasteiger partial charge in [0.05, 0.1) is 5.54 Å². The summed E-state index contributed by atoms with van der Waals surface area (Å²) < 4.78 is 25.6. The smallest absolute Gasteiger partial charge is 0.245 e. The molecule has 1 unspecified atom stereocenters. The molecule has 0 aromatic rings. The largest absolute Gasteiger partial charge is 0.316 e. The molecule has 1 atom stereocenters. The maximum Gasteiger partial charge on any atom is 0.245 e. The van der Waals surface area contributed by atoms with Gasteiger partial charge in [-0.25, -0.2) is 14.2 Å². The Bertz CT molecular complexity index is 546. The van der Waals surface area contributed by atoms with Gasteiger partial charge in [0.15, 0.2) is 0 Å². The van der Waals surface area contributed by atoms with Gasteiger partial charge in [-0.1, -0.05) is 18.2 Å². The van der Waals surface area contributed by atoms with Crippen LogP contribution in [-0.2, 0) is 0 Å². The Kier molecular flexibility index (Phi) is 5.08. The van der Waals surface area contributed by atoms with Crippen molar-refractivity contribution in [3.8, 4) is 0 Å². The molecule has 3 rings (SSSR count). The highest BCUT2D eigenvalue weighted by atomic mass is 19.3. The second kappa shape index (κ2) is 6.94. The van der Waals surface area contributed by atoms with Crippen molar-refractivity contribution in [2.45, 2.75) is 38.2 Å². The summed E-state index contributed by atoms with van der Waals surface area (Å²) in [4.78, 5) is 0. The standard InChI is InChI=1S/C18H28F2N4/c1-17-6-4-14(9-21-7-3-5-18(2,19)20)8-16(17)13-24(23-17)12-15-10-22-11-15/h4,6,8,13,15,21-23H,3,5,7,9-12H2,1-2H3. The quantitative estimate of drug-likeness (QED) is 0.593. The molecule has 0 bridgehead atoms. The zero-order valence-electron chi connectivity index (χ0n) is 14.5. The Morgan fingerprint density at radius 1 is 1.42 bits per heavy atom. The van der Waals surface area contributed by atoms with Crippen molar-refractivity contribution in [3.05, 3.63) is 35.6 Å². The molecule has 24 heavy (non-hydrogen) atoms. The van der Waals surface area contributed by atoms with E-state index >= 15 is 0 Å². The van der Waals surface area contributed by atoms with Gasteiger partial charge < -0.3 is 15.6 Å². The van der Waals surface area contributed by atoms with Crippen molar-refractivity contribution in [1.82, 2.24) is 21.1 Å². The number of alkyl halides is 2. The fraction of sp³-hybridized carbons (Fsp3) is 0.667. The Balaban J connectivity index is 1.48. The number of halogens is 2. The van der Waals surface area contributed by atoms with Crippen LogP contribution in [0.1, 0.15) is 26.7 Å². The number of hydrazine groups is 1. The molecule has 0 aromatic heterocycles. The minimum atomic E-state index is -2.56. The summed E-state index contributed by atoms with van der Waals surface area (Å²) in [6.45, 7) is 7.69. The molecule has 0 radical (unpaired) electrons. The fourth-order valence-electron chi connectivity index (χ4n) is 3.26. The molecule has 4 nitrogen and oxygen atoms in total.